The highest BCUT2D eigenvalue weighted by atomic mass is 19.1. The van der Waals surface area contributed by atoms with Gasteiger partial charge in [0.2, 0.25) is 0 Å². The summed E-state index contributed by atoms with van der Waals surface area (Å²) in [5.41, 5.74) is -0.220. The lowest BCUT2D eigenvalue weighted by Gasteiger charge is -2.23. The minimum atomic E-state index is -0.914. The Labute approximate surface area is 114 Å². The van der Waals surface area contributed by atoms with E-state index in [1.54, 1.807) is 19.9 Å². The zero-order chi connectivity index (χ0) is 14.7. The van der Waals surface area contributed by atoms with Crippen LogP contribution < -0.4 is 10.1 Å². The second-order valence-electron chi connectivity index (χ2n) is 6.46. The minimum Gasteiger partial charge on any atom is -0.490 e. The molecular formula is C15H24FNO2. The standard InChI is InChI=1S/C15H24FNO2/c1-14(2,3)17-9-11-8-12(16)6-7-13(11)19-10-15(4,5)18/h6-8,17-18H,9-10H2,1-5H3. The molecule has 0 unspecified atom stereocenters. The van der Waals surface area contributed by atoms with Crippen molar-refractivity contribution in [2.24, 2.45) is 0 Å². The van der Waals surface area contributed by atoms with Crippen LogP contribution in [0.5, 0.6) is 5.75 Å². The average molecular weight is 269 g/mol. The normalized spacial score (nSPS) is 12.6. The molecule has 1 rings (SSSR count). The van der Waals surface area contributed by atoms with E-state index in [2.05, 4.69) is 5.32 Å². The van der Waals surface area contributed by atoms with E-state index >= 15 is 0 Å². The zero-order valence-corrected chi connectivity index (χ0v) is 12.4. The van der Waals surface area contributed by atoms with Crippen molar-refractivity contribution < 1.29 is 14.2 Å². The smallest absolute Gasteiger partial charge is 0.124 e. The van der Waals surface area contributed by atoms with Gasteiger partial charge in [-0.3, -0.25) is 0 Å². The number of aliphatic hydroxyl groups is 1. The van der Waals surface area contributed by atoms with Gasteiger partial charge in [-0.2, -0.15) is 0 Å². The summed E-state index contributed by atoms with van der Waals surface area (Å²) in [7, 11) is 0. The Morgan fingerprint density at radius 3 is 2.37 bits per heavy atom. The lowest BCUT2D eigenvalue weighted by atomic mass is 10.1. The molecule has 0 atom stereocenters. The molecule has 0 aliphatic carbocycles. The summed E-state index contributed by atoms with van der Waals surface area (Å²) in [5, 5.41) is 13.0. The Morgan fingerprint density at radius 1 is 1.21 bits per heavy atom. The molecule has 0 heterocycles. The maximum Gasteiger partial charge on any atom is 0.124 e. The fraction of sp³-hybridized carbons (Fsp3) is 0.600. The predicted octanol–water partition coefficient (Wildman–Crippen LogP) is 2.86. The number of halogens is 1. The third-order valence-corrected chi connectivity index (χ3v) is 2.41. The summed E-state index contributed by atoms with van der Waals surface area (Å²) in [5.74, 6) is 0.307. The molecule has 0 aliphatic rings. The number of rotatable bonds is 5. The average Bonchev–Trinajstić information content (AvgIpc) is 2.22. The molecule has 19 heavy (non-hydrogen) atoms. The molecule has 2 N–H and O–H groups in total. The molecule has 0 radical (unpaired) electrons. The Hall–Kier alpha value is -1.13. The Morgan fingerprint density at radius 2 is 1.84 bits per heavy atom. The number of hydrogen-bond donors (Lipinski definition) is 2. The van der Waals surface area contributed by atoms with Gasteiger partial charge < -0.3 is 15.2 Å². The van der Waals surface area contributed by atoms with Crippen LogP contribution in [0.2, 0.25) is 0 Å². The van der Waals surface area contributed by atoms with E-state index in [1.807, 2.05) is 20.8 Å². The second-order valence-corrected chi connectivity index (χ2v) is 6.46. The van der Waals surface area contributed by atoms with Gasteiger partial charge in [0.15, 0.2) is 0 Å². The molecule has 0 saturated heterocycles. The van der Waals surface area contributed by atoms with Crippen LogP contribution in [-0.4, -0.2) is 22.9 Å². The van der Waals surface area contributed by atoms with E-state index in [9.17, 15) is 9.50 Å². The number of ether oxygens (including phenoxy) is 1. The Balaban J connectivity index is 2.80. The first-order valence-electron chi connectivity index (χ1n) is 6.45. The maximum absolute atomic E-state index is 13.3. The van der Waals surface area contributed by atoms with E-state index in [-0.39, 0.29) is 18.0 Å². The van der Waals surface area contributed by atoms with E-state index < -0.39 is 5.60 Å². The van der Waals surface area contributed by atoms with Gasteiger partial charge in [-0.1, -0.05) is 0 Å². The second kappa shape index (κ2) is 5.88. The first-order valence-corrected chi connectivity index (χ1v) is 6.45. The van der Waals surface area contributed by atoms with Crippen molar-refractivity contribution in [1.82, 2.24) is 5.32 Å². The number of benzene rings is 1. The molecule has 108 valence electrons. The first kappa shape index (κ1) is 15.9. The van der Waals surface area contributed by atoms with Crippen LogP contribution in [0, 0.1) is 5.82 Å². The Kier molecular flexibility index (Phi) is 4.93. The third kappa shape index (κ3) is 6.55. The molecule has 0 aliphatic heterocycles. The van der Waals surface area contributed by atoms with Gasteiger partial charge in [-0.15, -0.1) is 0 Å². The van der Waals surface area contributed by atoms with E-state index in [1.165, 1.54) is 12.1 Å². The summed E-state index contributed by atoms with van der Waals surface area (Å²) in [4.78, 5) is 0. The largest absolute Gasteiger partial charge is 0.490 e. The van der Waals surface area contributed by atoms with Crippen LogP contribution in [0.1, 0.15) is 40.2 Å². The van der Waals surface area contributed by atoms with Crippen molar-refractivity contribution in [3.8, 4) is 5.75 Å². The van der Waals surface area contributed by atoms with Gasteiger partial charge in [0.25, 0.3) is 0 Å². The van der Waals surface area contributed by atoms with Crippen LogP contribution in [0.3, 0.4) is 0 Å². The van der Waals surface area contributed by atoms with Crippen molar-refractivity contribution in [3.05, 3.63) is 29.6 Å². The monoisotopic (exact) mass is 269 g/mol. The quantitative estimate of drug-likeness (QED) is 0.863. The van der Waals surface area contributed by atoms with Crippen LogP contribution in [0.4, 0.5) is 4.39 Å². The zero-order valence-electron chi connectivity index (χ0n) is 12.4. The maximum atomic E-state index is 13.3. The molecule has 0 fully saturated rings. The SMILES string of the molecule is CC(C)(O)COc1ccc(F)cc1CNC(C)(C)C. The fourth-order valence-corrected chi connectivity index (χ4v) is 1.44. The van der Waals surface area contributed by atoms with Gasteiger partial charge in [-0.05, 0) is 52.8 Å². The van der Waals surface area contributed by atoms with Gasteiger partial charge >= 0.3 is 0 Å². The molecule has 0 saturated carbocycles. The minimum absolute atomic E-state index is 0.0557. The highest BCUT2D eigenvalue weighted by Crippen LogP contribution is 2.21. The van der Waals surface area contributed by atoms with Crippen molar-refractivity contribution in [3.63, 3.8) is 0 Å². The van der Waals surface area contributed by atoms with Crippen molar-refractivity contribution >= 4 is 0 Å². The van der Waals surface area contributed by atoms with E-state index in [0.29, 0.717) is 12.3 Å². The molecule has 0 amide bonds. The van der Waals surface area contributed by atoms with Crippen LogP contribution >= 0.6 is 0 Å². The molecule has 3 nitrogen and oxygen atoms in total. The third-order valence-electron chi connectivity index (χ3n) is 2.41. The Bertz CT molecular complexity index is 419. The highest BCUT2D eigenvalue weighted by Gasteiger charge is 2.16. The molecule has 4 heteroatoms. The summed E-state index contributed by atoms with van der Waals surface area (Å²) in [6.07, 6.45) is 0. The summed E-state index contributed by atoms with van der Waals surface area (Å²) >= 11 is 0. The fourth-order valence-electron chi connectivity index (χ4n) is 1.44. The molecule has 0 spiro atoms. The van der Waals surface area contributed by atoms with E-state index in [4.69, 9.17) is 4.74 Å². The van der Waals surface area contributed by atoms with Gasteiger partial charge in [-0.25, -0.2) is 4.39 Å². The molecule has 0 aromatic heterocycles. The molecule has 1 aromatic rings. The van der Waals surface area contributed by atoms with Gasteiger partial charge in [0.05, 0.1) is 5.60 Å². The lowest BCUT2D eigenvalue weighted by molar-refractivity contribution is 0.0280. The predicted molar refractivity (Wildman–Crippen MR) is 74.8 cm³/mol. The van der Waals surface area contributed by atoms with Gasteiger partial charge in [0, 0.05) is 17.6 Å². The van der Waals surface area contributed by atoms with Gasteiger partial charge in [0.1, 0.15) is 18.2 Å². The molecular weight excluding hydrogens is 245 g/mol. The molecule has 1 aromatic carbocycles. The van der Waals surface area contributed by atoms with Crippen molar-refractivity contribution in [1.29, 1.82) is 0 Å². The van der Waals surface area contributed by atoms with Crippen molar-refractivity contribution in [2.75, 3.05) is 6.61 Å². The van der Waals surface area contributed by atoms with Crippen LogP contribution in [-0.2, 0) is 6.54 Å². The first-order chi connectivity index (χ1) is 8.57. The highest BCUT2D eigenvalue weighted by molar-refractivity contribution is 5.34. The summed E-state index contributed by atoms with van der Waals surface area (Å²) < 4.78 is 18.9. The van der Waals surface area contributed by atoms with Crippen molar-refractivity contribution in [2.45, 2.75) is 52.3 Å². The van der Waals surface area contributed by atoms with E-state index in [0.717, 1.165) is 5.56 Å². The topological polar surface area (TPSA) is 41.5 Å². The number of nitrogens with one attached hydrogen (secondary N) is 1. The van der Waals surface area contributed by atoms with Crippen LogP contribution in [0.25, 0.3) is 0 Å². The summed E-state index contributed by atoms with van der Waals surface area (Å²) in [6.45, 7) is 10.2. The lowest BCUT2D eigenvalue weighted by Crippen LogP contribution is -2.35. The molecule has 0 bridgehead atoms. The van der Waals surface area contributed by atoms with Crippen LogP contribution in [0.15, 0.2) is 18.2 Å². The number of hydrogen-bond acceptors (Lipinski definition) is 3. The summed E-state index contributed by atoms with van der Waals surface area (Å²) in [6, 6.07) is 4.42.